The number of carboxylic acid groups (broad SMARTS) is 1. The van der Waals surface area contributed by atoms with E-state index in [0.29, 0.717) is 18.4 Å². The van der Waals surface area contributed by atoms with Crippen molar-refractivity contribution in [1.29, 1.82) is 0 Å². The molecule has 8 heteroatoms. The molecule has 2 saturated carbocycles. The van der Waals surface area contributed by atoms with Crippen molar-refractivity contribution >= 4 is 6.09 Å². The van der Waals surface area contributed by atoms with Crippen LogP contribution >= 0.6 is 0 Å². The van der Waals surface area contributed by atoms with E-state index in [-0.39, 0.29) is 0 Å². The zero-order chi connectivity index (χ0) is 24.3. The molecule has 3 aliphatic rings. The van der Waals surface area contributed by atoms with Crippen LogP contribution in [-0.4, -0.2) is 30.9 Å². The minimum Gasteiger partial charge on any atom is -0.468 e. The Morgan fingerprint density at radius 1 is 1.03 bits per heavy atom. The summed E-state index contributed by atoms with van der Waals surface area (Å²) in [6.07, 6.45) is 3.91. The van der Waals surface area contributed by atoms with Crippen molar-refractivity contribution in [2.45, 2.75) is 50.2 Å². The van der Waals surface area contributed by atoms with Crippen LogP contribution in [0.25, 0.3) is 28.1 Å². The number of benzene rings is 2. The second-order valence-corrected chi connectivity index (χ2v) is 9.89. The average molecular weight is 480 g/mol. The lowest BCUT2D eigenvalue weighted by atomic mass is 9.71. The Morgan fingerprint density at radius 2 is 1.81 bits per heavy atom. The van der Waals surface area contributed by atoms with Crippen LogP contribution in [0.4, 0.5) is 4.79 Å². The third kappa shape index (κ3) is 3.36. The van der Waals surface area contributed by atoms with Crippen LogP contribution in [-0.2, 0) is 12.1 Å². The number of pyridine rings is 1. The van der Waals surface area contributed by atoms with Crippen LogP contribution in [0.5, 0.6) is 5.88 Å². The largest absolute Gasteiger partial charge is 0.468 e. The topological polar surface area (TPSA) is 102 Å². The highest BCUT2D eigenvalue weighted by Gasteiger charge is 2.40. The number of hydrogen-bond acceptors (Lipinski definition) is 5. The molecule has 0 radical (unpaired) electrons. The smallest absolute Gasteiger partial charge is 0.405 e. The summed E-state index contributed by atoms with van der Waals surface area (Å²) in [6.45, 7) is 0.339. The number of aromatic nitrogens is 4. The van der Waals surface area contributed by atoms with Gasteiger partial charge in [0.15, 0.2) is 12.4 Å². The lowest BCUT2D eigenvalue weighted by Gasteiger charge is -2.42. The number of nitrogens with zero attached hydrogens (tertiary/aromatic N) is 4. The van der Waals surface area contributed by atoms with E-state index in [0.717, 1.165) is 77.4 Å². The highest BCUT2D eigenvalue weighted by atomic mass is 16.5. The summed E-state index contributed by atoms with van der Waals surface area (Å²) < 4.78 is 8.18. The quantitative estimate of drug-likeness (QED) is 0.397. The van der Waals surface area contributed by atoms with Crippen LogP contribution in [0.3, 0.4) is 0 Å². The Morgan fingerprint density at radius 3 is 2.47 bits per heavy atom. The normalized spacial score (nSPS) is 17.3. The maximum Gasteiger partial charge on any atom is 0.405 e. The second kappa shape index (κ2) is 7.91. The molecule has 0 saturated heterocycles. The van der Waals surface area contributed by atoms with E-state index >= 15 is 0 Å². The van der Waals surface area contributed by atoms with Gasteiger partial charge < -0.3 is 15.2 Å². The molecule has 0 atom stereocenters. The fraction of sp³-hybridized carbons (Fsp3) is 0.286. The predicted octanol–water partition coefficient (Wildman–Crippen LogP) is 5.41. The Kier molecular flexibility index (Phi) is 4.64. The second-order valence-electron chi connectivity index (χ2n) is 9.89. The molecular formula is C28H25N5O3. The summed E-state index contributed by atoms with van der Waals surface area (Å²) in [6, 6.07) is 20.5. The molecule has 1 amide bonds. The number of carbonyl (C=O) groups is 1. The molecule has 8 nitrogen and oxygen atoms in total. The van der Waals surface area contributed by atoms with Crippen molar-refractivity contribution < 1.29 is 14.6 Å². The van der Waals surface area contributed by atoms with Gasteiger partial charge in [-0.1, -0.05) is 54.6 Å². The molecule has 180 valence electrons. The van der Waals surface area contributed by atoms with Gasteiger partial charge in [-0.15, -0.1) is 10.2 Å². The Hall–Kier alpha value is -4.20. The number of rotatable bonds is 5. The molecular weight excluding hydrogens is 454 g/mol. The number of hydrogen-bond donors (Lipinski definition) is 2. The number of nitrogens with one attached hydrogen (secondary N) is 1. The molecule has 2 aromatic heterocycles. The molecule has 2 aromatic carbocycles. The summed E-state index contributed by atoms with van der Waals surface area (Å²) in [5.41, 5.74) is 5.19. The van der Waals surface area contributed by atoms with Gasteiger partial charge in [-0.2, -0.15) is 0 Å². The molecule has 2 fully saturated rings. The molecule has 0 spiro atoms. The van der Waals surface area contributed by atoms with Gasteiger partial charge in [-0.05, 0) is 49.3 Å². The lowest BCUT2D eigenvalue weighted by Crippen LogP contribution is -2.50. The first kappa shape index (κ1) is 21.1. The van der Waals surface area contributed by atoms with Crippen LogP contribution in [0, 0.1) is 0 Å². The Bertz CT molecular complexity index is 1470. The van der Waals surface area contributed by atoms with Crippen LogP contribution in [0.1, 0.15) is 55.2 Å². The first-order valence-corrected chi connectivity index (χ1v) is 12.4. The van der Waals surface area contributed by atoms with E-state index in [1.54, 1.807) is 0 Å². The summed E-state index contributed by atoms with van der Waals surface area (Å²) in [5, 5.41) is 20.9. The number of ether oxygens (including phenoxy) is 1. The molecule has 7 rings (SSSR count). The molecule has 3 heterocycles. The van der Waals surface area contributed by atoms with Gasteiger partial charge in [0.05, 0.1) is 11.2 Å². The zero-order valence-electron chi connectivity index (χ0n) is 19.6. The van der Waals surface area contributed by atoms with Crippen LogP contribution in [0.15, 0.2) is 60.7 Å². The first-order valence-electron chi connectivity index (χ1n) is 12.4. The number of fused-ring (bicyclic) bond motifs is 3. The monoisotopic (exact) mass is 479 g/mol. The minimum absolute atomic E-state index is 0.339. The summed E-state index contributed by atoms with van der Waals surface area (Å²) >= 11 is 0. The van der Waals surface area contributed by atoms with Crippen molar-refractivity contribution in [3.8, 4) is 34.0 Å². The standard InChI is InChI=1S/C28H25N5O3/c34-27(35)30-28(13-4-14-28)20-11-9-18(10-12-20)24-21(17-5-2-1-3-6-17)15-22-26(29-24)36-16-23-31-32-25(33(22)23)19-7-8-19/h1-3,5-6,9-12,15,19,30H,4,7-8,13-14,16H2,(H,34,35). The fourth-order valence-electron chi connectivity index (χ4n) is 5.40. The van der Waals surface area contributed by atoms with E-state index in [2.05, 4.69) is 38.3 Å². The molecule has 4 aromatic rings. The minimum atomic E-state index is -0.988. The van der Waals surface area contributed by atoms with Crippen molar-refractivity contribution in [2.24, 2.45) is 0 Å². The van der Waals surface area contributed by atoms with Crippen LogP contribution < -0.4 is 10.1 Å². The molecule has 0 unspecified atom stereocenters. The van der Waals surface area contributed by atoms with Gasteiger partial charge in [0.1, 0.15) is 11.5 Å². The maximum absolute atomic E-state index is 11.4. The van der Waals surface area contributed by atoms with Crippen molar-refractivity contribution in [1.82, 2.24) is 25.1 Å². The third-order valence-electron chi connectivity index (χ3n) is 7.59. The van der Waals surface area contributed by atoms with Gasteiger partial charge in [0, 0.05) is 17.0 Å². The summed E-state index contributed by atoms with van der Waals surface area (Å²) in [4.78, 5) is 16.4. The van der Waals surface area contributed by atoms with Gasteiger partial charge >= 0.3 is 6.09 Å². The van der Waals surface area contributed by atoms with Gasteiger partial charge in [0.25, 0.3) is 0 Å². The maximum atomic E-state index is 11.4. The van der Waals surface area contributed by atoms with E-state index in [4.69, 9.17) is 9.72 Å². The SMILES string of the molecule is O=C(O)NC1(c2ccc(-c3nc4c(cc3-c3ccccc3)-n3c(nnc3C3CC3)CO4)cc2)CCC1. The fourth-order valence-corrected chi connectivity index (χ4v) is 5.40. The number of amides is 1. The first-order chi connectivity index (χ1) is 17.6. The van der Waals surface area contributed by atoms with E-state index in [1.807, 2.05) is 42.5 Å². The van der Waals surface area contributed by atoms with Gasteiger partial charge in [-0.25, -0.2) is 9.78 Å². The molecule has 1 aliphatic heterocycles. The Labute approximate surface area is 208 Å². The molecule has 36 heavy (non-hydrogen) atoms. The van der Waals surface area contributed by atoms with Crippen molar-refractivity contribution in [2.75, 3.05) is 0 Å². The van der Waals surface area contributed by atoms with Crippen molar-refractivity contribution in [3.63, 3.8) is 0 Å². The summed E-state index contributed by atoms with van der Waals surface area (Å²) in [7, 11) is 0. The van der Waals surface area contributed by atoms with E-state index < -0.39 is 11.6 Å². The average Bonchev–Trinajstić information content (AvgIpc) is 3.64. The Balaban J connectivity index is 1.35. The van der Waals surface area contributed by atoms with Gasteiger partial charge in [-0.3, -0.25) is 4.57 Å². The zero-order valence-corrected chi connectivity index (χ0v) is 19.6. The van der Waals surface area contributed by atoms with E-state index in [1.165, 1.54) is 0 Å². The molecule has 0 bridgehead atoms. The molecule has 2 N–H and O–H groups in total. The predicted molar refractivity (Wildman–Crippen MR) is 133 cm³/mol. The van der Waals surface area contributed by atoms with E-state index in [9.17, 15) is 9.90 Å². The third-order valence-corrected chi connectivity index (χ3v) is 7.59. The highest BCUT2D eigenvalue weighted by molar-refractivity contribution is 5.83. The summed E-state index contributed by atoms with van der Waals surface area (Å²) in [5.74, 6) is 2.82. The highest BCUT2D eigenvalue weighted by Crippen LogP contribution is 2.45. The van der Waals surface area contributed by atoms with Crippen LogP contribution in [0.2, 0.25) is 0 Å². The molecule has 2 aliphatic carbocycles. The van der Waals surface area contributed by atoms with Crippen molar-refractivity contribution in [3.05, 3.63) is 77.9 Å². The van der Waals surface area contributed by atoms with Gasteiger partial charge in [0.2, 0.25) is 5.88 Å². The lowest BCUT2D eigenvalue weighted by molar-refractivity contribution is 0.144.